The van der Waals surface area contributed by atoms with Gasteiger partial charge in [-0.1, -0.05) is 12.1 Å². The lowest BCUT2D eigenvalue weighted by molar-refractivity contribution is 0.0697. The number of nitrogens with zero attached hydrogens (tertiary/aromatic N) is 1. The lowest BCUT2D eigenvalue weighted by atomic mass is 10.1. The zero-order valence-electron chi connectivity index (χ0n) is 11.6. The molecule has 1 aromatic rings. The van der Waals surface area contributed by atoms with E-state index in [-0.39, 0.29) is 17.6 Å². The topological polar surface area (TPSA) is 69.6 Å². The second-order valence-corrected chi connectivity index (χ2v) is 4.62. The largest absolute Gasteiger partial charge is 0.478 e. The molecule has 2 N–H and O–H groups in total. The van der Waals surface area contributed by atoms with Crippen molar-refractivity contribution in [2.45, 2.75) is 25.9 Å². The molecular formula is C15H18N2O3. The van der Waals surface area contributed by atoms with Crippen LogP contribution in [0.25, 0.3) is 0 Å². The van der Waals surface area contributed by atoms with Gasteiger partial charge in [0.15, 0.2) is 0 Å². The summed E-state index contributed by atoms with van der Waals surface area (Å²) in [5.41, 5.74) is 1.08. The molecule has 1 rings (SSSR count). The fourth-order valence-corrected chi connectivity index (χ4v) is 1.65. The third-order valence-corrected chi connectivity index (χ3v) is 2.76. The van der Waals surface area contributed by atoms with Crippen LogP contribution in [0.1, 0.15) is 29.3 Å². The number of benzene rings is 1. The van der Waals surface area contributed by atoms with E-state index < -0.39 is 5.97 Å². The Morgan fingerprint density at radius 1 is 1.40 bits per heavy atom. The first-order chi connectivity index (χ1) is 9.43. The van der Waals surface area contributed by atoms with Crippen molar-refractivity contribution < 1.29 is 14.7 Å². The van der Waals surface area contributed by atoms with Crippen molar-refractivity contribution in [3.05, 3.63) is 35.4 Å². The van der Waals surface area contributed by atoms with E-state index >= 15 is 0 Å². The Balaban J connectivity index is 2.57. The van der Waals surface area contributed by atoms with Gasteiger partial charge in [0, 0.05) is 26.1 Å². The van der Waals surface area contributed by atoms with Crippen LogP contribution in [0.5, 0.6) is 0 Å². The van der Waals surface area contributed by atoms with E-state index in [2.05, 4.69) is 11.2 Å². The van der Waals surface area contributed by atoms with Crippen molar-refractivity contribution in [1.82, 2.24) is 10.2 Å². The lowest BCUT2D eigenvalue weighted by Gasteiger charge is -2.20. The molecule has 0 spiro atoms. The number of aromatic carboxylic acids is 1. The summed E-state index contributed by atoms with van der Waals surface area (Å²) in [5, 5.41) is 11.6. The van der Waals surface area contributed by atoms with Crippen molar-refractivity contribution in [2.75, 3.05) is 7.05 Å². The number of rotatable bonds is 5. The summed E-state index contributed by atoms with van der Waals surface area (Å²) in [5.74, 6) is 1.52. The summed E-state index contributed by atoms with van der Waals surface area (Å²) >= 11 is 0. The maximum atomic E-state index is 11.9. The molecule has 106 valence electrons. The van der Waals surface area contributed by atoms with Gasteiger partial charge in [0.2, 0.25) is 0 Å². The van der Waals surface area contributed by atoms with Crippen LogP contribution >= 0.6 is 0 Å². The van der Waals surface area contributed by atoms with Gasteiger partial charge in [0.05, 0.1) is 5.56 Å². The van der Waals surface area contributed by atoms with Crippen molar-refractivity contribution in [3.63, 3.8) is 0 Å². The molecule has 0 aliphatic carbocycles. The Labute approximate surface area is 118 Å². The summed E-state index contributed by atoms with van der Waals surface area (Å²) in [6, 6.07) is 6.13. The number of carbonyl (C=O) groups is 2. The zero-order valence-corrected chi connectivity index (χ0v) is 11.6. The molecule has 1 atom stereocenters. The molecule has 0 saturated heterocycles. The van der Waals surface area contributed by atoms with Crippen molar-refractivity contribution in [3.8, 4) is 12.3 Å². The Morgan fingerprint density at radius 2 is 2.00 bits per heavy atom. The smallest absolute Gasteiger partial charge is 0.335 e. The molecule has 20 heavy (non-hydrogen) atoms. The minimum absolute atomic E-state index is 0.0793. The normalized spacial score (nSPS) is 11.2. The van der Waals surface area contributed by atoms with Gasteiger partial charge in [-0.3, -0.25) is 0 Å². The number of terminal acetylenes is 1. The van der Waals surface area contributed by atoms with Gasteiger partial charge in [0.1, 0.15) is 0 Å². The third kappa shape index (κ3) is 4.65. The number of hydrogen-bond donors (Lipinski definition) is 2. The Morgan fingerprint density at radius 3 is 2.50 bits per heavy atom. The highest BCUT2D eigenvalue weighted by Crippen LogP contribution is 2.07. The number of hydrogen-bond acceptors (Lipinski definition) is 2. The summed E-state index contributed by atoms with van der Waals surface area (Å²) in [4.78, 5) is 24.1. The second-order valence-electron chi connectivity index (χ2n) is 4.62. The fraction of sp³-hybridized carbons (Fsp3) is 0.333. The zero-order chi connectivity index (χ0) is 15.1. The average molecular weight is 274 g/mol. The summed E-state index contributed by atoms with van der Waals surface area (Å²) in [6.45, 7) is 2.24. The van der Waals surface area contributed by atoms with Crippen LogP contribution in [0.15, 0.2) is 24.3 Å². The summed E-state index contributed by atoms with van der Waals surface area (Å²) in [6.07, 6.45) is 5.66. The molecule has 1 unspecified atom stereocenters. The first kappa shape index (κ1) is 15.6. The quantitative estimate of drug-likeness (QED) is 0.806. The molecule has 5 heteroatoms. The van der Waals surface area contributed by atoms with Gasteiger partial charge in [-0.25, -0.2) is 9.59 Å². The molecule has 0 saturated carbocycles. The molecule has 1 aromatic carbocycles. The van der Waals surface area contributed by atoms with E-state index in [9.17, 15) is 9.59 Å². The lowest BCUT2D eigenvalue weighted by Crippen LogP contribution is -2.41. The maximum absolute atomic E-state index is 11.9. The van der Waals surface area contributed by atoms with Crippen LogP contribution in [0, 0.1) is 12.3 Å². The van der Waals surface area contributed by atoms with Crippen molar-refractivity contribution in [2.24, 2.45) is 0 Å². The molecule has 0 aliphatic rings. The molecule has 0 fully saturated rings. The number of carbonyl (C=O) groups excluding carboxylic acids is 1. The molecule has 2 amide bonds. The van der Waals surface area contributed by atoms with Crippen LogP contribution in [0.4, 0.5) is 4.79 Å². The SMILES string of the molecule is C#CCC(C)NC(=O)N(C)Cc1ccc(C(=O)O)cc1. The van der Waals surface area contributed by atoms with Crippen LogP contribution in [0.3, 0.4) is 0 Å². The van der Waals surface area contributed by atoms with Gasteiger partial charge < -0.3 is 15.3 Å². The Hall–Kier alpha value is -2.48. The Kier molecular flexibility index (Phi) is 5.60. The Bertz CT molecular complexity index is 517. The molecule has 0 aromatic heterocycles. The van der Waals surface area contributed by atoms with Crippen LogP contribution in [0.2, 0.25) is 0 Å². The van der Waals surface area contributed by atoms with Crippen molar-refractivity contribution in [1.29, 1.82) is 0 Å². The van der Waals surface area contributed by atoms with Gasteiger partial charge in [-0.2, -0.15) is 0 Å². The van der Waals surface area contributed by atoms with E-state index in [1.165, 1.54) is 17.0 Å². The van der Waals surface area contributed by atoms with E-state index in [0.29, 0.717) is 13.0 Å². The molecule has 0 aliphatic heterocycles. The van der Waals surface area contributed by atoms with Gasteiger partial charge in [-0.05, 0) is 24.6 Å². The highest BCUT2D eigenvalue weighted by atomic mass is 16.4. The highest BCUT2D eigenvalue weighted by Gasteiger charge is 2.12. The van der Waals surface area contributed by atoms with Crippen LogP contribution in [-0.4, -0.2) is 35.1 Å². The third-order valence-electron chi connectivity index (χ3n) is 2.76. The van der Waals surface area contributed by atoms with Crippen molar-refractivity contribution >= 4 is 12.0 Å². The van der Waals surface area contributed by atoms with E-state index in [1.54, 1.807) is 19.2 Å². The monoisotopic (exact) mass is 274 g/mol. The number of amides is 2. The van der Waals surface area contributed by atoms with E-state index in [4.69, 9.17) is 11.5 Å². The maximum Gasteiger partial charge on any atom is 0.335 e. The number of nitrogens with one attached hydrogen (secondary N) is 1. The fourth-order valence-electron chi connectivity index (χ4n) is 1.65. The standard InChI is InChI=1S/C15H18N2O3/c1-4-5-11(2)16-15(20)17(3)10-12-6-8-13(9-7-12)14(18)19/h1,6-9,11H,5,10H2,2-3H3,(H,16,20)(H,18,19). The highest BCUT2D eigenvalue weighted by molar-refractivity contribution is 5.87. The number of carboxylic acid groups (broad SMARTS) is 1. The molecule has 0 bridgehead atoms. The molecule has 0 radical (unpaired) electrons. The van der Waals surface area contributed by atoms with Gasteiger partial charge in [-0.15, -0.1) is 12.3 Å². The van der Waals surface area contributed by atoms with Crippen LogP contribution < -0.4 is 5.32 Å². The number of urea groups is 1. The first-order valence-electron chi connectivity index (χ1n) is 6.21. The minimum atomic E-state index is -0.967. The van der Waals surface area contributed by atoms with E-state index in [1.807, 2.05) is 6.92 Å². The molecule has 0 heterocycles. The van der Waals surface area contributed by atoms with Gasteiger partial charge in [0.25, 0.3) is 0 Å². The predicted molar refractivity (Wildman–Crippen MR) is 76.3 cm³/mol. The second kappa shape index (κ2) is 7.19. The average Bonchev–Trinajstić information content (AvgIpc) is 2.39. The first-order valence-corrected chi connectivity index (χ1v) is 6.21. The molecule has 5 nitrogen and oxygen atoms in total. The number of carboxylic acids is 1. The predicted octanol–water partition coefficient (Wildman–Crippen LogP) is 1.94. The molecular weight excluding hydrogens is 256 g/mol. The van der Waals surface area contributed by atoms with E-state index in [0.717, 1.165) is 5.56 Å². The minimum Gasteiger partial charge on any atom is -0.478 e. The summed E-state index contributed by atoms with van der Waals surface area (Å²) < 4.78 is 0. The van der Waals surface area contributed by atoms with Gasteiger partial charge >= 0.3 is 12.0 Å². The van der Waals surface area contributed by atoms with Crippen LogP contribution in [-0.2, 0) is 6.54 Å². The summed E-state index contributed by atoms with van der Waals surface area (Å²) in [7, 11) is 1.67.